The lowest BCUT2D eigenvalue weighted by atomic mass is 9.73. The first kappa shape index (κ1) is 19.1. The molecule has 0 aliphatic heterocycles. The van der Waals surface area contributed by atoms with E-state index in [1.807, 2.05) is 20.8 Å². The predicted molar refractivity (Wildman–Crippen MR) is 81.6 cm³/mol. The van der Waals surface area contributed by atoms with Crippen LogP contribution in [-0.2, 0) is 14.3 Å². The molecule has 0 radical (unpaired) electrons. The summed E-state index contributed by atoms with van der Waals surface area (Å²) in [5, 5.41) is 2.91. The van der Waals surface area contributed by atoms with Gasteiger partial charge in [0.2, 0.25) is 5.91 Å². The van der Waals surface area contributed by atoms with Gasteiger partial charge in [0, 0.05) is 13.0 Å². The number of carbonyl (C=O) groups excluding carboxylic acids is 2. The van der Waals surface area contributed by atoms with Crippen LogP contribution in [-0.4, -0.2) is 30.9 Å². The number of rotatable bonds is 8. The number of hydrogen-bond acceptors (Lipinski definition) is 3. The number of aldehydes is 1. The van der Waals surface area contributed by atoms with E-state index in [2.05, 4.69) is 33.0 Å². The third-order valence-electron chi connectivity index (χ3n) is 2.99. The maximum atomic E-state index is 11.7. The number of hydrogen-bond donors (Lipinski definition) is 1. The van der Waals surface area contributed by atoms with E-state index >= 15 is 0 Å². The van der Waals surface area contributed by atoms with Crippen molar-refractivity contribution >= 4 is 12.2 Å². The van der Waals surface area contributed by atoms with E-state index in [1.165, 1.54) is 0 Å². The lowest BCUT2D eigenvalue weighted by Gasteiger charge is -2.34. The maximum Gasteiger partial charge on any atom is 0.246 e. The number of ether oxygens (including phenoxy) is 1. The van der Waals surface area contributed by atoms with E-state index in [0.29, 0.717) is 13.0 Å². The topological polar surface area (TPSA) is 55.4 Å². The molecular formula is C16H31NO3. The monoisotopic (exact) mass is 285 g/mol. The van der Waals surface area contributed by atoms with Gasteiger partial charge in [-0.3, -0.25) is 4.79 Å². The molecule has 0 aliphatic rings. The average Bonchev–Trinajstić information content (AvgIpc) is 2.21. The van der Waals surface area contributed by atoms with Crippen molar-refractivity contribution in [2.24, 2.45) is 10.8 Å². The highest BCUT2D eigenvalue weighted by Gasteiger charge is 2.29. The molecule has 1 N–H and O–H groups in total. The van der Waals surface area contributed by atoms with Crippen LogP contribution in [0.1, 0.15) is 61.3 Å². The molecule has 1 amide bonds. The van der Waals surface area contributed by atoms with Crippen LogP contribution in [0.2, 0.25) is 0 Å². The third-order valence-corrected chi connectivity index (χ3v) is 2.99. The zero-order chi connectivity index (χ0) is 16.0. The molecule has 0 aliphatic carbocycles. The van der Waals surface area contributed by atoms with Crippen molar-refractivity contribution in [1.82, 2.24) is 5.32 Å². The predicted octanol–water partition coefficient (Wildman–Crippen LogP) is 2.95. The molecule has 0 heterocycles. The highest BCUT2D eigenvalue weighted by atomic mass is 16.5. The van der Waals surface area contributed by atoms with Crippen molar-refractivity contribution in [2.75, 3.05) is 13.2 Å². The van der Waals surface area contributed by atoms with E-state index < -0.39 is 0 Å². The fourth-order valence-electron chi connectivity index (χ4n) is 2.33. The summed E-state index contributed by atoms with van der Waals surface area (Å²) in [6.07, 6.45) is 2.38. The van der Waals surface area contributed by atoms with Gasteiger partial charge in [0.1, 0.15) is 12.9 Å². The van der Waals surface area contributed by atoms with Crippen LogP contribution in [0.15, 0.2) is 0 Å². The molecule has 0 bridgehead atoms. The van der Waals surface area contributed by atoms with Crippen molar-refractivity contribution in [3.63, 3.8) is 0 Å². The Bertz CT molecular complexity index is 327. The highest BCUT2D eigenvalue weighted by molar-refractivity contribution is 5.77. The molecular weight excluding hydrogens is 254 g/mol. The second kappa shape index (κ2) is 7.21. The van der Waals surface area contributed by atoms with Crippen molar-refractivity contribution in [3.8, 4) is 0 Å². The molecule has 0 rings (SSSR count). The Morgan fingerprint density at radius 1 is 1.05 bits per heavy atom. The van der Waals surface area contributed by atoms with Crippen LogP contribution < -0.4 is 5.32 Å². The van der Waals surface area contributed by atoms with Crippen LogP contribution in [0.3, 0.4) is 0 Å². The summed E-state index contributed by atoms with van der Waals surface area (Å²) in [7, 11) is 0. The van der Waals surface area contributed by atoms with Gasteiger partial charge >= 0.3 is 0 Å². The molecule has 118 valence electrons. The molecule has 0 saturated heterocycles. The molecule has 0 fully saturated rings. The molecule has 0 atom stereocenters. The fourth-order valence-corrected chi connectivity index (χ4v) is 2.33. The molecule has 4 nitrogen and oxygen atoms in total. The SMILES string of the molecule is CC(C)(CC=O)CC(C)(C)CNC(=O)COC(C)(C)C. The first-order valence-corrected chi connectivity index (χ1v) is 7.21. The maximum absolute atomic E-state index is 11.7. The second-order valence-corrected chi connectivity index (χ2v) is 8.05. The highest BCUT2D eigenvalue weighted by Crippen LogP contribution is 2.35. The molecule has 0 aromatic carbocycles. The summed E-state index contributed by atoms with van der Waals surface area (Å²) in [6, 6.07) is 0. The summed E-state index contributed by atoms with van der Waals surface area (Å²) < 4.78 is 5.44. The number of carbonyl (C=O) groups is 2. The molecule has 0 saturated carbocycles. The minimum Gasteiger partial charge on any atom is -0.366 e. The van der Waals surface area contributed by atoms with Crippen LogP contribution in [0.25, 0.3) is 0 Å². The summed E-state index contributed by atoms with van der Waals surface area (Å²) in [6.45, 7) is 14.8. The first-order chi connectivity index (χ1) is 8.87. The lowest BCUT2D eigenvalue weighted by molar-refractivity contribution is -0.131. The smallest absolute Gasteiger partial charge is 0.246 e. The van der Waals surface area contributed by atoms with Gasteiger partial charge in [-0.2, -0.15) is 0 Å². The minimum atomic E-state index is -0.307. The van der Waals surface area contributed by atoms with Gasteiger partial charge in [-0.1, -0.05) is 27.7 Å². The molecule has 0 unspecified atom stereocenters. The quantitative estimate of drug-likeness (QED) is 0.698. The summed E-state index contributed by atoms with van der Waals surface area (Å²) >= 11 is 0. The van der Waals surface area contributed by atoms with Gasteiger partial charge < -0.3 is 14.8 Å². The Kier molecular flexibility index (Phi) is 6.88. The second-order valence-electron chi connectivity index (χ2n) is 8.05. The van der Waals surface area contributed by atoms with Crippen molar-refractivity contribution in [3.05, 3.63) is 0 Å². The van der Waals surface area contributed by atoms with Crippen LogP contribution in [0, 0.1) is 10.8 Å². The van der Waals surface area contributed by atoms with E-state index in [1.54, 1.807) is 0 Å². The summed E-state index contributed by atoms with van der Waals surface area (Å²) in [4.78, 5) is 22.4. The zero-order valence-corrected chi connectivity index (χ0v) is 14.1. The largest absolute Gasteiger partial charge is 0.366 e. The van der Waals surface area contributed by atoms with Crippen molar-refractivity contribution in [1.29, 1.82) is 0 Å². The Morgan fingerprint density at radius 2 is 1.60 bits per heavy atom. The minimum absolute atomic E-state index is 0.0438. The van der Waals surface area contributed by atoms with Crippen molar-refractivity contribution < 1.29 is 14.3 Å². The van der Waals surface area contributed by atoms with Crippen molar-refractivity contribution in [2.45, 2.75) is 66.9 Å². The molecule has 0 aromatic heterocycles. The van der Waals surface area contributed by atoms with Gasteiger partial charge in [0.15, 0.2) is 0 Å². The van der Waals surface area contributed by atoms with Gasteiger partial charge in [-0.25, -0.2) is 0 Å². The van der Waals surface area contributed by atoms with Crippen LogP contribution in [0.4, 0.5) is 0 Å². The summed E-state index contributed by atoms with van der Waals surface area (Å²) in [5.74, 6) is -0.0961. The van der Waals surface area contributed by atoms with E-state index in [9.17, 15) is 9.59 Å². The standard InChI is InChI=1S/C16H31NO3/c1-14(2,3)20-10-13(19)17-12-16(6,7)11-15(4,5)8-9-18/h9H,8,10-12H2,1-7H3,(H,17,19). The van der Waals surface area contributed by atoms with Gasteiger partial charge in [-0.15, -0.1) is 0 Å². The van der Waals surface area contributed by atoms with E-state index in [-0.39, 0.29) is 28.9 Å². The van der Waals surface area contributed by atoms with E-state index in [0.717, 1.165) is 12.7 Å². The fraction of sp³-hybridized carbons (Fsp3) is 0.875. The van der Waals surface area contributed by atoms with Gasteiger partial charge in [0.25, 0.3) is 0 Å². The van der Waals surface area contributed by atoms with E-state index in [4.69, 9.17) is 4.74 Å². The third kappa shape index (κ3) is 9.96. The van der Waals surface area contributed by atoms with Crippen LogP contribution in [0.5, 0.6) is 0 Å². The van der Waals surface area contributed by atoms with Crippen LogP contribution >= 0.6 is 0 Å². The lowest BCUT2D eigenvalue weighted by Crippen LogP contribution is -2.39. The Hall–Kier alpha value is -0.900. The van der Waals surface area contributed by atoms with Gasteiger partial charge in [-0.05, 0) is 38.0 Å². The first-order valence-electron chi connectivity index (χ1n) is 7.21. The molecule has 4 heteroatoms. The van der Waals surface area contributed by atoms with Gasteiger partial charge in [0.05, 0.1) is 5.60 Å². The average molecular weight is 285 g/mol. The molecule has 0 spiro atoms. The number of amides is 1. The Labute approximate surface area is 123 Å². The molecule has 0 aromatic rings. The Balaban J connectivity index is 4.21. The molecule has 20 heavy (non-hydrogen) atoms. The Morgan fingerprint density at radius 3 is 2.05 bits per heavy atom. The zero-order valence-electron chi connectivity index (χ0n) is 14.1. The normalized spacial score (nSPS) is 13.2. The number of nitrogens with one attached hydrogen (secondary N) is 1. The summed E-state index contributed by atoms with van der Waals surface area (Å²) in [5.41, 5.74) is -0.402.